The van der Waals surface area contributed by atoms with E-state index < -0.39 is 27.6 Å². The smallest absolute Gasteiger partial charge is 0.419 e. The third kappa shape index (κ3) is 2.68. The van der Waals surface area contributed by atoms with Crippen molar-refractivity contribution in [2.75, 3.05) is 4.31 Å². The number of ether oxygens (including phenoxy) is 1. The summed E-state index contributed by atoms with van der Waals surface area (Å²) in [5, 5.41) is 0.457. The van der Waals surface area contributed by atoms with Gasteiger partial charge in [0.15, 0.2) is 0 Å². The fourth-order valence-electron chi connectivity index (χ4n) is 3.21. The number of hydrogen-bond acceptors (Lipinski definition) is 5. The van der Waals surface area contributed by atoms with E-state index in [9.17, 15) is 18.0 Å². The first-order valence-electron chi connectivity index (χ1n) is 8.63. The molecule has 2 aromatic carbocycles. The Morgan fingerprint density at radius 1 is 1.00 bits per heavy atom. The summed E-state index contributed by atoms with van der Waals surface area (Å²) in [6.45, 7) is 5.22. The number of para-hydroxylation sites is 1. The average Bonchev–Trinajstić information content (AvgIpc) is 3.08. The summed E-state index contributed by atoms with van der Waals surface area (Å²) in [6, 6.07) is 12.8. The lowest BCUT2D eigenvalue weighted by atomic mass is 10.2. The number of carbonyl (C=O) groups is 2. The molecule has 0 spiro atoms. The predicted octanol–water partition coefficient (Wildman–Crippen LogP) is 3.77. The van der Waals surface area contributed by atoms with Crippen LogP contribution in [0.1, 0.15) is 31.1 Å². The van der Waals surface area contributed by atoms with E-state index in [-0.39, 0.29) is 16.1 Å². The molecule has 4 rings (SSSR count). The van der Waals surface area contributed by atoms with Crippen molar-refractivity contribution in [1.82, 2.24) is 4.57 Å². The molecule has 0 bridgehead atoms. The second-order valence-electron chi connectivity index (χ2n) is 7.45. The molecule has 144 valence electrons. The Bertz CT molecular complexity index is 1230. The lowest BCUT2D eigenvalue weighted by Gasteiger charge is -2.19. The Kier molecular flexibility index (Phi) is 3.87. The molecule has 0 aliphatic carbocycles. The molecule has 3 aromatic rings. The minimum absolute atomic E-state index is 0.0471. The number of sulfonamides is 1. The number of rotatable bonds is 1. The van der Waals surface area contributed by atoms with E-state index in [1.807, 2.05) is 0 Å². The van der Waals surface area contributed by atoms with Crippen molar-refractivity contribution in [2.24, 2.45) is 0 Å². The largest absolute Gasteiger partial charge is 0.443 e. The predicted molar refractivity (Wildman–Crippen MR) is 104 cm³/mol. The van der Waals surface area contributed by atoms with Gasteiger partial charge in [-0.25, -0.2) is 13.2 Å². The molecule has 0 saturated carbocycles. The standard InChI is InChI=1S/C20H18N2O5S/c1-20(2,3)27-19(24)21-12-16(13-8-4-6-10-15(13)21)22-18(23)14-9-5-7-11-17(14)28(22,25)26/h4-12H,1-3H3. The lowest BCUT2D eigenvalue weighted by molar-refractivity contribution is 0.0544. The van der Waals surface area contributed by atoms with Gasteiger partial charge in [-0.2, -0.15) is 4.31 Å². The highest BCUT2D eigenvalue weighted by Crippen LogP contribution is 2.39. The molecular weight excluding hydrogens is 380 g/mol. The highest BCUT2D eigenvalue weighted by Gasteiger charge is 2.43. The summed E-state index contributed by atoms with van der Waals surface area (Å²) in [5.41, 5.74) is -0.0565. The Balaban J connectivity index is 1.92. The highest BCUT2D eigenvalue weighted by atomic mass is 32.2. The van der Waals surface area contributed by atoms with Gasteiger partial charge in [-0.3, -0.25) is 9.36 Å². The molecule has 2 heterocycles. The van der Waals surface area contributed by atoms with Crippen molar-refractivity contribution >= 4 is 38.6 Å². The maximum absolute atomic E-state index is 13.0. The molecule has 0 atom stereocenters. The van der Waals surface area contributed by atoms with E-state index >= 15 is 0 Å². The van der Waals surface area contributed by atoms with Gasteiger partial charge in [-0.05, 0) is 39.0 Å². The molecule has 1 aliphatic heterocycles. The second-order valence-corrected chi connectivity index (χ2v) is 9.21. The Hall–Kier alpha value is -3.13. The third-order valence-corrected chi connectivity index (χ3v) is 6.08. The topological polar surface area (TPSA) is 85.7 Å². The molecule has 28 heavy (non-hydrogen) atoms. The van der Waals surface area contributed by atoms with Crippen LogP contribution in [0.2, 0.25) is 0 Å². The normalized spacial score (nSPS) is 15.7. The first-order valence-corrected chi connectivity index (χ1v) is 10.1. The number of aromatic nitrogens is 1. The SMILES string of the molecule is CC(C)(C)OC(=O)n1cc(N2C(=O)c3ccccc3S2(=O)=O)c2ccccc21. The van der Waals surface area contributed by atoms with Crippen molar-refractivity contribution in [3.63, 3.8) is 0 Å². The van der Waals surface area contributed by atoms with Gasteiger partial charge in [0.2, 0.25) is 0 Å². The van der Waals surface area contributed by atoms with Crippen LogP contribution in [0.15, 0.2) is 59.6 Å². The Morgan fingerprint density at radius 2 is 1.64 bits per heavy atom. The summed E-state index contributed by atoms with van der Waals surface area (Å²) in [4.78, 5) is 25.5. The minimum atomic E-state index is -4.07. The maximum atomic E-state index is 13.0. The van der Waals surface area contributed by atoms with Crippen LogP contribution in [0.3, 0.4) is 0 Å². The number of nitrogens with zero attached hydrogens (tertiary/aromatic N) is 2. The number of hydrogen-bond donors (Lipinski definition) is 0. The highest BCUT2D eigenvalue weighted by molar-refractivity contribution is 7.94. The van der Waals surface area contributed by atoms with E-state index in [0.29, 0.717) is 10.9 Å². The number of benzene rings is 2. The third-order valence-electron chi connectivity index (χ3n) is 4.32. The van der Waals surface area contributed by atoms with E-state index in [1.165, 1.54) is 22.9 Å². The van der Waals surface area contributed by atoms with Gasteiger partial charge in [0.05, 0.1) is 16.8 Å². The molecule has 0 radical (unpaired) electrons. The van der Waals surface area contributed by atoms with Gasteiger partial charge < -0.3 is 4.74 Å². The number of amides is 1. The van der Waals surface area contributed by atoms with Crippen LogP contribution in [0.25, 0.3) is 10.9 Å². The summed E-state index contributed by atoms with van der Waals surface area (Å²) in [7, 11) is -4.07. The lowest BCUT2D eigenvalue weighted by Crippen LogP contribution is -2.30. The molecule has 1 amide bonds. The van der Waals surface area contributed by atoms with Gasteiger partial charge in [0.25, 0.3) is 15.9 Å². The molecule has 7 nitrogen and oxygen atoms in total. The zero-order valence-electron chi connectivity index (χ0n) is 15.5. The maximum Gasteiger partial charge on any atom is 0.419 e. The van der Waals surface area contributed by atoms with Crippen molar-refractivity contribution in [3.8, 4) is 0 Å². The molecule has 0 unspecified atom stereocenters. The quantitative estimate of drug-likeness (QED) is 0.623. The molecular formula is C20H18N2O5S. The molecule has 0 N–H and O–H groups in total. The van der Waals surface area contributed by atoms with E-state index in [0.717, 1.165) is 4.31 Å². The van der Waals surface area contributed by atoms with Gasteiger partial charge >= 0.3 is 6.09 Å². The zero-order valence-corrected chi connectivity index (χ0v) is 16.4. The number of anilines is 1. The fraction of sp³-hybridized carbons (Fsp3) is 0.200. The number of carbonyl (C=O) groups excluding carboxylic acids is 2. The van der Waals surface area contributed by atoms with Crippen molar-refractivity contribution in [3.05, 3.63) is 60.3 Å². The van der Waals surface area contributed by atoms with E-state index in [2.05, 4.69) is 0 Å². The van der Waals surface area contributed by atoms with Gasteiger partial charge in [0, 0.05) is 11.6 Å². The average molecular weight is 398 g/mol. The monoisotopic (exact) mass is 398 g/mol. The molecule has 0 fully saturated rings. The van der Waals surface area contributed by atoms with Crippen LogP contribution < -0.4 is 4.31 Å². The first kappa shape index (κ1) is 18.2. The Labute approximate surface area is 162 Å². The zero-order chi connectivity index (χ0) is 20.3. The molecule has 8 heteroatoms. The minimum Gasteiger partial charge on any atom is -0.443 e. The fourth-order valence-corrected chi connectivity index (χ4v) is 4.81. The van der Waals surface area contributed by atoms with Crippen LogP contribution in [0.5, 0.6) is 0 Å². The van der Waals surface area contributed by atoms with E-state index in [1.54, 1.807) is 57.2 Å². The van der Waals surface area contributed by atoms with Crippen LogP contribution in [0.4, 0.5) is 10.5 Å². The van der Waals surface area contributed by atoms with Crippen molar-refractivity contribution in [1.29, 1.82) is 0 Å². The van der Waals surface area contributed by atoms with Crippen LogP contribution in [-0.2, 0) is 14.8 Å². The van der Waals surface area contributed by atoms with Gasteiger partial charge in [-0.15, -0.1) is 0 Å². The van der Waals surface area contributed by atoms with Crippen LogP contribution >= 0.6 is 0 Å². The van der Waals surface area contributed by atoms with Crippen molar-refractivity contribution in [2.45, 2.75) is 31.3 Å². The van der Waals surface area contributed by atoms with Crippen LogP contribution in [-0.4, -0.2) is 30.6 Å². The molecule has 1 aliphatic rings. The first-order chi connectivity index (χ1) is 13.1. The summed E-state index contributed by atoms with van der Waals surface area (Å²) in [5.74, 6) is -0.650. The van der Waals surface area contributed by atoms with E-state index in [4.69, 9.17) is 4.74 Å². The second kappa shape index (κ2) is 5.93. The van der Waals surface area contributed by atoms with Gasteiger partial charge in [0.1, 0.15) is 10.5 Å². The van der Waals surface area contributed by atoms with Crippen LogP contribution in [0, 0.1) is 0 Å². The summed E-state index contributed by atoms with van der Waals surface area (Å²) < 4.78 is 33.4. The number of fused-ring (bicyclic) bond motifs is 2. The Morgan fingerprint density at radius 3 is 2.32 bits per heavy atom. The van der Waals surface area contributed by atoms with Gasteiger partial charge in [-0.1, -0.05) is 30.3 Å². The molecule has 0 saturated heterocycles. The summed E-state index contributed by atoms with van der Waals surface area (Å²) >= 11 is 0. The summed E-state index contributed by atoms with van der Waals surface area (Å²) in [6.07, 6.45) is 0.677. The van der Waals surface area contributed by atoms with Crippen molar-refractivity contribution < 1.29 is 22.7 Å². The molecule has 1 aromatic heterocycles.